The molecule has 0 aliphatic carbocycles. The van der Waals surface area contributed by atoms with E-state index < -0.39 is 17.8 Å². The van der Waals surface area contributed by atoms with Crippen molar-refractivity contribution in [3.8, 4) is 0 Å². The SMILES string of the molecule is Cn1ncc(NC(=O)c2cnn(C)c2C(=O)O)c1C(=O)NCc1ccco1. The van der Waals surface area contributed by atoms with Crippen molar-refractivity contribution in [2.45, 2.75) is 6.54 Å². The number of amides is 2. The normalized spacial score (nSPS) is 10.6. The molecule has 3 aromatic rings. The summed E-state index contributed by atoms with van der Waals surface area (Å²) < 4.78 is 7.53. The number of carbonyl (C=O) groups is 3. The Morgan fingerprint density at radius 2 is 1.81 bits per heavy atom. The van der Waals surface area contributed by atoms with Crippen molar-refractivity contribution in [3.63, 3.8) is 0 Å². The van der Waals surface area contributed by atoms with Crippen molar-refractivity contribution < 1.29 is 23.9 Å². The van der Waals surface area contributed by atoms with Crippen LogP contribution in [0.15, 0.2) is 35.2 Å². The van der Waals surface area contributed by atoms with E-state index in [1.54, 1.807) is 19.2 Å². The molecule has 3 N–H and O–H groups in total. The number of carboxylic acid groups (broad SMARTS) is 1. The van der Waals surface area contributed by atoms with Gasteiger partial charge < -0.3 is 20.2 Å². The number of anilines is 1. The fourth-order valence-corrected chi connectivity index (χ4v) is 2.51. The zero-order valence-electron chi connectivity index (χ0n) is 14.5. The Kier molecular flexibility index (Phi) is 4.75. The molecule has 0 radical (unpaired) electrons. The average Bonchev–Trinajstić information content (AvgIpc) is 3.33. The summed E-state index contributed by atoms with van der Waals surface area (Å²) in [6, 6.07) is 3.41. The Balaban J connectivity index is 1.79. The summed E-state index contributed by atoms with van der Waals surface area (Å²) in [5, 5.41) is 22.2. The van der Waals surface area contributed by atoms with Crippen molar-refractivity contribution in [2.24, 2.45) is 14.1 Å². The number of rotatable bonds is 6. The van der Waals surface area contributed by atoms with Crippen LogP contribution in [0.2, 0.25) is 0 Å². The number of nitrogens with one attached hydrogen (secondary N) is 2. The topological polar surface area (TPSA) is 144 Å². The van der Waals surface area contributed by atoms with E-state index in [-0.39, 0.29) is 29.2 Å². The highest BCUT2D eigenvalue weighted by atomic mass is 16.4. The van der Waals surface area contributed by atoms with E-state index in [0.29, 0.717) is 5.76 Å². The first-order valence-electron chi connectivity index (χ1n) is 7.77. The summed E-state index contributed by atoms with van der Waals surface area (Å²) in [6.45, 7) is 0.163. The predicted octanol–water partition coefficient (Wildman–Crippen LogP) is 0.627. The van der Waals surface area contributed by atoms with Gasteiger partial charge >= 0.3 is 5.97 Å². The summed E-state index contributed by atoms with van der Waals surface area (Å²) in [7, 11) is 2.96. The first-order chi connectivity index (χ1) is 12.9. The molecular weight excluding hydrogens is 356 g/mol. The maximum atomic E-state index is 12.5. The minimum absolute atomic E-state index is 0.107. The van der Waals surface area contributed by atoms with Gasteiger partial charge in [0, 0.05) is 14.1 Å². The molecule has 11 nitrogen and oxygen atoms in total. The summed E-state index contributed by atoms with van der Waals surface area (Å²) in [5.41, 5.74) is -0.147. The van der Waals surface area contributed by atoms with Crippen molar-refractivity contribution in [1.29, 1.82) is 0 Å². The summed E-state index contributed by atoms with van der Waals surface area (Å²) >= 11 is 0. The Bertz CT molecular complexity index is 1000. The molecule has 27 heavy (non-hydrogen) atoms. The lowest BCUT2D eigenvalue weighted by Gasteiger charge is -2.08. The fraction of sp³-hybridized carbons (Fsp3) is 0.188. The van der Waals surface area contributed by atoms with E-state index in [1.165, 1.54) is 24.2 Å². The van der Waals surface area contributed by atoms with Gasteiger partial charge in [-0.05, 0) is 12.1 Å². The van der Waals surface area contributed by atoms with Crippen LogP contribution in [0, 0.1) is 0 Å². The van der Waals surface area contributed by atoms with Gasteiger partial charge in [-0.2, -0.15) is 10.2 Å². The van der Waals surface area contributed by atoms with Crippen LogP contribution in [0.25, 0.3) is 0 Å². The molecule has 0 fully saturated rings. The highest BCUT2D eigenvalue weighted by Gasteiger charge is 2.24. The molecule has 11 heteroatoms. The van der Waals surface area contributed by atoms with Gasteiger partial charge in [0.15, 0.2) is 5.69 Å². The number of carbonyl (C=O) groups excluding carboxylic acids is 2. The zero-order chi connectivity index (χ0) is 19.6. The highest BCUT2D eigenvalue weighted by Crippen LogP contribution is 2.17. The number of aromatic nitrogens is 4. The molecule has 3 heterocycles. The average molecular weight is 372 g/mol. The molecule has 0 atom stereocenters. The zero-order valence-corrected chi connectivity index (χ0v) is 14.5. The van der Waals surface area contributed by atoms with Crippen LogP contribution in [-0.2, 0) is 20.6 Å². The number of hydrogen-bond acceptors (Lipinski definition) is 6. The highest BCUT2D eigenvalue weighted by molar-refractivity contribution is 6.12. The number of aryl methyl sites for hydroxylation is 2. The molecule has 0 aromatic carbocycles. The van der Waals surface area contributed by atoms with Crippen LogP contribution in [-0.4, -0.2) is 42.5 Å². The van der Waals surface area contributed by atoms with Gasteiger partial charge in [-0.15, -0.1) is 0 Å². The summed E-state index contributed by atoms with van der Waals surface area (Å²) in [4.78, 5) is 36.2. The molecule has 3 aromatic heterocycles. The molecule has 0 aliphatic heterocycles. The fourth-order valence-electron chi connectivity index (χ4n) is 2.51. The molecule has 140 valence electrons. The van der Waals surface area contributed by atoms with Gasteiger partial charge in [0.25, 0.3) is 11.8 Å². The molecular formula is C16H16N6O5. The molecule has 0 aliphatic rings. The van der Waals surface area contributed by atoms with Crippen molar-refractivity contribution in [2.75, 3.05) is 5.32 Å². The number of nitrogens with zero attached hydrogens (tertiary/aromatic N) is 4. The largest absolute Gasteiger partial charge is 0.477 e. The quantitative estimate of drug-likeness (QED) is 0.575. The number of hydrogen-bond donors (Lipinski definition) is 3. The van der Waals surface area contributed by atoms with Crippen LogP contribution in [0.1, 0.15) is 37.1 Å². The van der Waals surface area contributed by atoms with Gasteiger partial charge in [-0.1, -0.05) is 0 Å². The van der Waals surface area contributed by atoms with E-state index in [9.17, 15) is 19.5 Å². The predicted molar refractivity (Wildman–Crippen MR) is 91.2 cm³/mol. The number of carboxylic acids is 1. The van der Waals surface area contributed by atoms with Crippen LogP contribution >= 0.6 is 0 Å². The van der Waals surface area contributed by atoms with E-state index in [0.717, 1.165) is 10.9 Å². The molecule has 0 saturated heterocycles. The van der Waals surface area contributed by atoms with Gasteiger partial charge in [0.05, 0.1) is 36.5 Å². The van der Waals surface area contributed by atoms with Crippen molar-refractivity contribution >= 4 is 23.5 Å². The molecule has 3 rings (SSSR count). The molecule has 2 amide bonds. The first kappa shape index (κ1) is 17.9. The number of furan rings is 1. The smallest absolute Gasteiger partial charge is 0.354 e. The molecule has 0 bridgehead atoms. The van der Waals surface area contributed by atoms with Crippen LogP contribution < -0.4 is 10.6 Å². The van der Waals surface area contributed by atoms with Gasteiger partial charge in [0.2, 0.25) is 0 Å². The maximum Gasteiger partial charge on any atom is 0.354 e. The van der Waals surface area contributed by atoms with Gasteiger partial charge in [0.1, 0.15) is 11.5 Å². The lowest BCUT2D eigenvalue weighted by atomic mass is 10.2. The van der Waals surface area contributed by atoms with E-state index in [1.807, 2.05) is 0 Å². The second-order valence-corrected chi connectivity index (χ2v) is 5.58. The Morgan fingerprint density at radius 3 is 2.48 bits per heavy atom. The third-order valence-corrected chi connectivity index (χ3v) is 3.79. The van der Waals surface area contributed by atoms with Crippen LogP contribution in [0.4, 0.5) is 5.69 Å². The van der Waals surface area contributed by atoms with Gasteiger partial charge in [-0.25, -0.2) is 4.79 Å². The lowest BCUT2D eigenvalue weighted by molar-refractivity contribution is 0.0680. The first-order valence-corrected chi connectivity index (χ1v) is 7.77. The second-order valence-electron chi connectivity index (χ2n) is 5.58. The van der Waals surface area contributed by atoms with E-state index in [4.69, 9.17) is 4.42 Å². The Labute approximate surface area is 152 Å². The number of aromatic carboxylic acids is 1. The minimum Gasteiger partial charge on any atom is -0.477 e. The summed E-state index contributed by atoms with van der Waals surface area (Å²) in [6.07, 6.45) is 3.94. The van der Waals surface area contributed by atoms with E-state index >= 15 is 0 Å². The third kappa shape index (κ3) is 3.56. The monoisotopic (exact) mass is 372 g/mol. The Morgan fingerprint density at radius 1 is 1.11 bits per heavy atom. The minimum atomic E-state index is -1.29. The second kappa shape index (κ2) is 7.15. The Hall–Kier alpha value is -3.89. The van der Waals surface area contributed by atoms with Crippen molar-refractivity contribution in [1.82, 2.24) is 24.9 Å². The molecule has 0 unspecified atom stereocenters. The van der Waals surface area contributed by atoms with E-state index in [2.05, 4.69) is 20.8 Å². The molecule has 0 spiro atoms. The van der Waals surface area contributed by atoms with Crippen molar-refractivity contribution in [3.05, 3.63) is 53.5 Å². The van der Waals surface area contributed by atoms with Crippen LogP contribution in [0.3, 0.4) is 0 Å². The standard InChI is InChI=1S/C16H16N6O5/c1-21-12(16(25)26)10(7-18-21)14(23)20-11-8-19-22(2)13(11)15(24)17-6-9-4-3-5-27-9/h3-5,7-8H,6H2,1-2H3,(H,17,24)(H,20,23)(H,25,26). The molecule has 0 saturated carbocycles. The van der Waals surface area contributed by atoms with Crippen LogP contribution in [0.5, 0.6) is 0 Å². The van der Waals surface area contributed by atoms with Gasteiger partial charge in [-0.3, -0.25) is 19.0 Å². The third-order valence-electron chi connectivity index (χ3n) is 3.79. The lowest BCUT2D eigenvalue weighted by Crippen LogP contribution is -2.27. The summed E-state index contributed by atoms with van der Waals surface area (Å²) in [5.74, 6) is -1.92. The maximum absolute atomic E-state index is 12.5.